The molecule has 1 amide bonds. The van der Waals surface area contributed by atoms with E-state index in [1.54, 1.807) is 17.0 Å². The molecule has 1 fully saturated rings. The number of nitrogens with zero attached hydrogens (tertiary/aromatic N) is 1. The number of carbonyl (C=O) groups is 1. The van der Waals surface area contributed by atoms with E-state index in [0.717, 1.165) is 24.8 Å². The minimum Gasteiger partial charge on any atom is -0.398 e. The predicted molar refractivity (Wildman–Crippen MR) is 82.7 cm³/mol. The molecule has 6 heteroatoms. The van der Waals surface area contributed by atoms with Crippen LogP contribution in [-0.4, -0.2) is 37.6 Å². The maximum atomic E-state index is 12.6. The van der Waals surface area contributed by atoms with Gasteiger partial charge in [0.15, 0.2) is 9.84 Å². The number of amides is 1. The predicted octanol–water partition coefficient (Wildman–Crippen LogP) is 1.75. The van der Waals surface area contributed by atoms with E-state index in [4.69, 9.17) is 5.73 Å². The van der Waals surface area contributed by atoms with Gasteiger partial charge in [-0.1, -0.05) is 6.07 Å². The number of hydrogen-bond donors (Lipinski definition) is 1. The van der Waals surface area contributed by atoms with Crippen molar-refractivity contribution >= 4 is 21.4 Å². The lowest BCUT2D eigenvalue weighted by Gasteiger charge is -2.29. The summed E-state index contributed by atoms with van der Waals surface area (Å²) in [5.74, 6) is -0.324. The average molecular weight is 310 g/mol. The van der Waals surface area contributed by atoms with E-state index in [2.05, 4.69) is 0 Å². The Bertz CT molecular complexity index is 634. The average Bonchev–Trinajstić information content (AvgIpc) is 2.46. The van der Waals surface area contributed by atoms with Gasteiger partial charge in [0.2, 0.25) is 5.91 Å². The van der Waals surface area contributed by atoms with Gasteiger partial charge in [0.1, 0.15) is 5.25 Å². The molecule has 0 aliphatic carbocycles. The molecule has 1 heterocycles. The van der Waals surface area contributed by atoms with Crippen molar-refractivity contribution in [3.05, 3.63) is 23.8 Å². The van der Waals surface area contributed by atoms with Gasteiger partial charge in [0.05, 0.1) is 10.6 Å². The van der Waals surface area contributed by atoms with E-state index in [0.29, 0.717) is 13.1 Å². The van der Waals surface area contributed by atoms with Crippen LogP contribution in [0.25, 0.3) is 0 Å². The zero-order chi connectivity index (χ0) is 15.6. The van der Waals surface area contributed by atoms with Gasteiger partial charge in [-0.25, -0.2) is 8.42 Å². The van der Waals surface area contributed by atoms with E-state index >= 15 is 0 Å². The zero-order valence-corrected chi connectivity index (χ0v) is 13.3. The van der Waals surface area contributed by atoms with Gasteiger partial charge in [-0.2, -0.15) is 0 Å². The molecule has 2 N–H and O–H groups in total. The third-order valence-corrected chi connectivity index (χ3v) is 6.07. The highest BCUT2D eigenvalue weighted by atomic mass is 32.2. The quantitative estimate of drug-likeness (QED) is 0.863. The fraction of sp³-hybridized carbons (Fsp3) is 0.533. The maximum absolute atomic E-state index is 12.6. The molecule has 1 atom stereocenters. The smallest absolute Gasteiger partial charge is 0.241 e. The second-order valence-electron chi connectivity index (χ2n) is 5.61. The fourth-order valence-electron chi connectivity index (χ4n) is 2.62. The molecule has 2 rings (SSSR count). The van der Waals surface area contributed by atoms with Crippen molar-refractivity contribution in [3.63, 3.8) is 0 Å². The first-order chi connectivity index (χ1) is 9.84. The lowest BCUT2D eigenvalue weighted by Crippen LogP contribution is -2.44. The molecule has 116 valence electrons. The first kappa shape index (κ1) is 15.8. The molecule has 0 radical (unpaired) electrons. The van der Waals surface area contributed by atoms with Crippen LogP contribution in [0.3, 0.4) is 0 Å². The third kappa shape index (κ3) is 3.20. The largest absolute Gasteiger partial charge is 0.398 e. The van der Waals surface area contributed by atoms with Gasteiger partial charge in [-0.3, -0.25) is 4.79 Å². The minimum absolute atomic E-state index is 0.0472. The van der Waals surface area contributed by atoms with Crippen LogP contribution in [0, 0.1) is 6.92 Å². The first-order valence-corrected chi connectivity index (χ1v) is 8.77. The highest BCUT2D eigenvalue weighted by Crippen LogP contribution is 2.25. The van der Waals surface area contributed by atoms with Gasteiger partial charge in [-0.05, 0) is 50.8 Å². The van der Waals surface area contributed by atoms with Crippen molar-refractivity contribution in [2.45, 2.75) is 43.3 Å². The van der Waals surface area contributed by atoms with Crippen molar-refractivity contribution < 1.29 is 13.2 Å². The lowest BCUT2D eigenvalue weighted by molar-refractivity contribution is -0.131. The Hall–Kier alpha value is -1.56. The summed E-state index contributed by atoms with van der Waals surface area (Å²) in [6.07, 6.45) is 2.96. The number of nitrogens with two attached hydrogens (primary N) is 1. The Kier molecular flexibility index (Phi) is 4.56. The number of rotatable bonds is 3. The third-order valence-electron chi connectivity index (χ3n) is 3.95. The Morgan fingerprint density at radius 2 is 1.86 bits per heavy atom. The number of sulfone groups is 1. The molecule has 1 aliphatic rings. The summed E-state index contributed by atoms with van der Waals surface area (Å²) >= 11 is 0. The Morgan fingerprint density at radius 1 is 1.24 bits per heavy atom. The normalized spacial score (nSPS) is 17.5. The second-order valence-corrected chi connectivity index (χ2v) is 7.85. The first-order valence-electron chi connectivity index (χ1n) is 7.23. The Labute approximate surface area is 126 Å². The van der Waals surface area contributed by atoms with Crippen molar-refractivity contribution in [3.8, 4) is 0 Å². The number of carbonyl (C=O) groups excluding carboxylic acids is 1. The fourth-order valence-corrected chi connectivity index (χ4v) is 4.06. The van der Waals surface area contributed by atoms with Crippen LogP contribution in [-0.2, 0) is 14.6 Å². The molecular formula is C15H22N2O3S. The number of aryl methyl sites for hydroxylation is 1. The molecule has 21 heavy (non-hydrogen) atoms. The summed E-state index contributed by atoms with van der Waals surface area (Å²) < 4.78 is 25.2. The summed E-state index contributed by atoms with van der Waals surface area (Å²) in [7, 11) is -3.75. The molecule has 1 aromatic carbocycles. The van der Waals surface area contributed by atoms with Gasteiger partial charge in [0, 0.05) is 13.1 Å². The number of hydrogen-bond acceptors (Lipinski definition) is 4. The van der Waals surface area contributed by atoms with Crippen LogP contribution in [0.5, 0.6) is 0 Å². The topological polar surface area (TPSA) is 80.5 Å². The summed E-state index contributed by atoms with van der Waals surface area (Å²) in [5.41, 5.74) is 6.91. The van der Waals surface area contributed by atoms with E-state index in [1.807, 2.05) is 6.92 Å². The molecule has 1 unspecified atom stereocenters. The van der Waals surface area contributed by atoms with E-state index in [1.165, 1.54) is 13.0 Å². The van der Waals surface area contributed by atoms with Crippen LogP contribution >= 0.6 is 0 Å². The highest BCUT2D eigenvalue weighted by molar-refractivity contribution is 7.93. The van der Waals surface area contributed by atoms with Gasteiger partial charge in [0.25, 0.3) is 0 Å². The molecule has 1 saturated heterocycles. The minimum atomic E-state index is -3.75. The molecule has 1 aliphatic heterocycles. The van der Waals surface area contributed by atoms with Crippen molar-refractivity contribution in [1.82, 2.24) is 4.90 Å². The maximum Gasteiger partial charge on any atom is 0.241 e. The summed E-state index contributed by atoms with van der Waals surface area (Å²) in [6, 6.07) is 4.80. The summed E-state index contributed by atoms with van der Waals surface area (Å²) in [6.45, 7) is 4.57. The zero-order valence-electron chi connectivity index (χ0n) is 12.5. The monoisotopic (exact) mass is 310 g/mol. The molecule has 0 aromatic heterocycles. The number of likely N-dealkylation sites (tertiary alicyclic amines) is 1. The molecule has 0 bridgehead atoms. The molecule has 5 nitrogen and oxygen atoms in total. The second kappa shape index (κ2) is 6.05. The van der Waals surface area contributed by atoms with Crippen LogP contribution in [0.4, 0.5) is 5.69 Å². The van der Waals surface area contributed by atoms with Crippen LogP contribution < -0.4 is 5.73 Å². The number of piperidine rings is 1. The Morgan fingerprint density at radius 3 is 2.43 bits per heavy atom. The van der Waals surface area contributed by atoms with Gasteiger partial charge < -0.3 is 10.6 Å². The SMILES string of the molecule is Cc1ccc(S(=O)(=O)C(C)C(=O)N2CCCCC2)c(N)c1. The molecule has 0 saturated carbocycles. The summed E-state index contributed by atoms with van der Waals surface area (Å²) in [5, 5.41) is -1.10. The number of benzene rings is 1. The number of anilines is 1. The van der Waals surface area contributed by atoms with Crippen molar-refractivity contribution in [2.75, 3.05) is 18.8 Å². The molecular weight excluding hydrogens is 288 g/mol. The molecule has 1 aromatic rings. The highest BCUT2D eigenvalue weighted by Gasteiger charge is 2.34. The summed E-state index contributed by atoms with van der Waals surface area (Å²) in [4.78, 5) is 14.1. The van der Waals surface area contributed by atoms with Crippen LogP contribution in [0.15, 0.2) is 23.1 Å². The number of nitrogen functional groups attached to an aromatic ring is 1. The molecule has 0 spiro atoms. The standard InChI is InChI=1S/C15H22N2O3S/c1-11-6-7-14(13(16)10-11)21(19,20)12(2)15(18)17-8-4-3-5-9-17/h6-7,10,12H,3-5,8-9,16H2,1-2H3. The van der Waals surface area contributed by atoms with Gasteiger partial charge in [-0.15, -0.1) is 0 Å². The van der Waals surface area contributed by atoms with Crippen molar-refractivity contribution in [1.29, 1.82) is 0 Å². The van der Waals surface area contributed by atoms with Gasteiger partial charge >= 0.3 is 0 Å². The van der Waals surface area contributed by atoms with Crippen molar-refractivity contribution in [2.24, 2.45) is 0 Å². The lowest BCUT2D eigenvalue weighted by atomic mass is 10.1. The van der Waals surface area contributed by atoms with E-state index < -0.39 is 15.1 Å². The van der Waals surface area contributed by atoms with E-state index in [-0.39, 0.29) is 16.5 Å². The van der Waals surface area contributed by atoms with E-state index in [9.17, 15) is 13.2 Å². The van der Waals surface area contributed by atoms with Crippen LogP contribution in [0.2, 0.25) is 0 Å². The Balaban J connectivity index is 2.27. The van der Waals surface area contributed by atoms with Crippen LogP contribution in [0.1, 0.15) is 31.7 Å².